The number of hydrogen-bond donors (Lipinski definition) is 0. The Bertz CT molecular complexity index is 637. The molecule has 0 N–H and O–H groups in total. The summed E-state index contributed by atoms with van der Waals surface area (Å²) >= 11 is 0. The number of benzene rings is 1. The maximum Gasteiger partial charge on any atom is 0.140 e. The summed E-state index contributed by atoms with van der Waals surface area (Å²) in [4.78, 5) is 0. The van der Waals surface area contributed by atoms with E-state index in [4.69, 9.17) is 4.74 Å². The Hall–Kier alpha value is -2.28. The molecule has 1 aliphatic rings. The molecule has 1 aromatic carbocycles. The molecule has 4 nitrogen and oxygen atoms in total. The Morgan fingerprint density at radius 1 is 1.39 bits per heavy atom. The van der Waals surface area contributed by atoms with E-state index >= 15 is 0 Å². The van der Waals surface area contributed by atoms with Crippen LogP contribution in [0.2, 0.25) is 0 Å². The smallest absolute Gasteiger partial charge is 0.140 e. The summed E-state index contributed by atoms with van der Waals surface area (Å²) in [5, 5.41) is 13.6. The van der Waals surface area contributed by atoms with Gasteiger partial charge in [0.15, 0.2) is 0 Å². The highest BCUT2D eigenvalue weighted by molar-refractivity contribution is 5.73. The van der Waals surface area contributed by atoms with Crippen molar-refractivity contribution in [3.05, 3.63) is 35.5 Å². The largest absolute Gasteiger partial charge is 0.492 e. The van der Waals surface area contributed by atoms with Crippen LogP contribution < -0.4 is 4.74 Å². The van der Waals surface area contributed by atoms with Crippen LogP contribution >= 0.6 is 0 Å². The minimum atomic E-state index is 0.621. The van der Waals surface area contributed by atoms with Crippen molar-refractivity contribution < 1.29 is 4.74 Å². The average molecular weight is 239 g/mol. The van der Waals surface area contributed by atoms with Gasteiger partial charge in [0.2, 0.25) is 0 Å². The van der Waals surface area contributed by atoms with Crippen LogP contribution in [-0.4, -0.2) is 16.4 Å². The van der Waals surface area contributed by atoms with Gasteiger partial charge in [0, 0.05) is 18.8 Å². The van der Waals surface area contributed by atoms with Gasteiger partial charge in [-0.15, -0.1) is 0 Å². The predicted molar refractivity (Wildman–Crippen MR) is 67.2 cm³/mol. The normalized spacial score (nSPS) is 13.6. The molecule has 0 unspecified atom stereocenters. The predicted octanol–water partition coefficient (Wildman–Crippen LogP) is 2.28. The Kier molecular flexibility index (Phi) is 2.52. The molecule has 0 saturated carbocycles. The lowest BCUT2D eigenvalue weighted by atomic mass is 9.97. The number of aromatic nitrogens is 2. The fourth-order valence-corrected chi connectivity index (χ4v) is 2.39. The molecule has 18 heavy (non-hydrogen) atoms. The summed E-state index contributed by atoms with van der Waals surface area (Å²) in [5.74, 6) is 0.752. The number of aryl methyl sites for hydroxylation is 2. The van der Waals surface area contributed by atoms with Crippen molar-refractivity contribution >= 4 is 0 Å². The Labute approximate surface area is 105 Å². The third-order valence-corrected chi connectivity index (χ3v) is 3.28. The number of ether oxygens (including phenoxy) is 1. The zero-order valence-electron chi connectivity index (χ0n) is 10.2. The third-order valence-electron chi connectivity index (χ3n) is 3.28. The molecule has 0 radical (unpaired) electrons. The van der Waals surface area contributed by atoms with E-state index in [0.717, 1.165) is 35.4 Å². The topological polar surface area (TPSA) is 50.8 Å². The van der Waals surface area contributed by atoms with E-state index in [1.54, 1.807) is 10.9 Å². The quantitative estimate of drug-likeness (QED) is 0.767. The van der Waals surface area contributed by atoms with Crippen LogP contribution in [0.3, 0.4) is 0 Å². The first-order valence-corrected chi connectivity index (χ1v) is 5.98. The van der Waals surface area contributed by atoms with E-state index < -0.39 is 0 Å². The average Bonchev–Trinajstić information content (AvgIpc) is 2.83. The molecule has 90 valence electrons. The van der Waals surface area contributed by atoms with Gasteiger partial charge in [-0.25, -0.2) is 0 Å². The van der Waals surface area contributed by atoms with Crippen LogP contribution in [0.5, 0.6) is 5.75 Å². The molecule has 0 fully saturated rings. The van der Waals surface area contributed by atoms with Crippen molar-refractivity contribution in [3.8, 4) is 23.1 Å². The van der Waals surface area contributed by atoms with Gasteiger partial charge >= 0.3 is 0 Å². The third kappa shape index (κ3) is 1.56. The second-order valence-electron chi connectivity index (χ2n) is 4.38. The van der Waals surface area contributed by atoms with Gasteiger partial charge in [0.05, 0.1) is 12.3 Å². The lowest BCUT2D eigenvalue weighted by Gasteiger charge is -2.19. The van der Waals surface area contributed by atoms with Crippen LogP contribution in [-0.2, 0) is 13.5 Å². The minimum Gasteiger partial charge on any atom is -0.492 e. The van der Waals surface area contributed by atoms with Gasteiger partial charge in [0.25, 0.3) is 0 Å². The minimum absolute atomic E-state index is 0.621. The van der Waals surface area contributed by atoms with Crippen LogP contribution in [0.25, 0.3) is 11.3 Å². The first-order chi connectivity index (χ1) is 8.81. The van der Waals surface area contributed by atoms with Crippen molar-refractivity contribution in [3.63, 3.8) is 0 Å². The highest BCUT2D eigenvalue weighted by atomic mass is 16.5. The van der Waals surface area contributed by atoms with Crippen molar-refractivity contribution in [2.75, 3.05) is 6.61 Å². The van der Waals surface area contributed by atoms with Crippen LogP contribution in [0.15, 0.2) is 24.4 Å². The van der Waals surface area contributed by atoms with Crippen LogP contribution in [0.4, 0.5) is 0 Å². The van der Waals surface area contributed by atoms with Crippen molar-refractivity contribution in [1.29, 1.82) is 5.26 Å². The van der Waals surface area contributed by atoms with E-state index in [2.05, 4.69) is 17.2 Å². The zero-order chi connectivity index (χ0) is 12.5. The molecule has 1 aliphatic heterocycles. The maximum absolute atomic E-state index is 9.40. The Morgan fingerprint density at radius 3 is 3.00 bits per heavy atom. The number of fused-ring (bicyclic) bond motifs is 1. The van der Waals surface area contributed by atoms with Gasteiger partial charge in [-0.2, -0.15) is 10.4 Å². The molecular weight excluding hydrogens is 226 g/mol. The Morgan fingerprint density at radius 2 is 2.28 bits per heavy atom. The summed E-state index contributed by atoms with van der Waals surface area (Å²) in [6.07, 6.45) is 3.73. The molecule has 0 saturated heterocycles. The number of hydrogen-bond acceptors (Lipinski definition) is 3. The second-order valence-corrected chi connectivity index (χ2v) is 4.38. The van der Waals surface area contributed by atoms with E-state index in [9.17, 15) is 5.26 Å². The van der Waals surface area contributed by atoms with Gasteiger partial charge in [0.1, 0.15) is 17.4 Å². The lowest BCUT2D eigenvalue weighted by molar-refractivity contribution is 0.287. The highest BCUT2D eigenvalue weighted by Crippen LogP contribution is 2.35. The number of rotatable bonds is 1. The molecule has 2 heterocycles. The van der Waals surface area contributed by atoms with E-state index in [0.29, 0.717) is 12.2 Å². The van der Waals surface area contributed by atoms with Crippen molar-refractivity contribution in [1.82, 2.24) is 9.78 Å². The highest BCUT2D eigenvalue weighted by Gasteiger charge is 2.19. The first-order valence-electron chi connectivity index (χ1n) is 5.98. The zero-order valence-corrected chi connectivity index (χ0v) is 10.2. The van der Waals surface area contributed by atoms with Crippen LogP contribution in [0.1, 0.15) is 17.5 Å². The lowest BCUT2D eigenvalue weighted by Crippen LogP contribution is -2.10. The summed E-state index contributed by atoms with van der Waals surface area (Å²) in [6.45, 7) is 0.691. The van der Waals surface area contributed by atoms with Crippen molar-refractivity contribution in [2.45, 2.75) is 12.8 Å². The first kappa shape index (κ1) is 10.8. The molecule has 1 aromatic heterocycles. The second kappa shape index (κ2) is 4.19. The monoisotopic (exact) mass is 239 g/mol. The molecule has 0 aliphatic carbocycles. The molecule has 0 bridgehead atoms. The van der Waals surface area contributed by atoms with Gasteiger partial charge in [-0.1, -0.05) is 12.1 Å². The molecule has 2 aromatic rings. The summed E-state index contributed by atoms with van der Waals surface area (Å²) in [7, 11) is 1.87. The molecule has 4 heteroatoms. The summed E-state index contributed by atoms with van der Waals surface area (Å²) in [5.41, 5.74) is 3.57. The standard InChI is InChI=1S/C14H13N3O/c1-17-13(6-7-16-17)11-5-4-10-3-2-8-18-14(10)12(11)9-15/h4-7H,2-3,8H2,1H3. The summed E-state index contributed by atoms with van der Waals surface area (Å²) in [6, 6.07) is 8.22. The van der Waals surface area contributed by atoms with Crippen LogP contribution in [0, 0.1) is 11.3 Å². The van der Waals surface area contributed by atoms with E-state index in [1.807, 2.05) is 19.2 Å². The van der Waals surface area contributed by atoms with Gasteiger partial charge in [-0.3, -0.25) is 4.68 Å². The van der Waals surface area contributed by atoms with Gasteiger partial charge in [-0.05, 0) is 24.5 Å². The number of nitriles is 1. The molecule has 3 rings (SSSR count). The SMILES string of the molecule is Cn1nccc1-c1ccc2c(c1C#N)OCCC2. The molecule has 0 spiro atoms. The summed E-state index contributed by atoms with van der Waals surface area (Å²) < 4.78 is 7.44. The molecular formula is C14H13N3O. The van der Waals surface area contributed by atoms with Gasteiger partial charge < -0.3 is 4.74 Å². The molecule has 0 atom stereocenters. The fraction of sp³-hybridized carbons (Fsp3) is 0.286. The van der Waals surface area contributed by atoms with E-state index in [1.165, 1.54) is 0 Å². The molecule has 0 amide bonds. The van der Waals surface area contributed by atoms with Crippen molar-refractivity contribution in [2.24, 2.45) is 7.05 Å². The fourth-order valence-electron chi connectivity index (χ4n) is 2.39. The Balaban J connectivity index is 2.23. The van der Waals surface area contributed by atoms with E-state index in [-0.39, 0.29) is 0 Å². The number of nitrogens with zero attached hydrogens (tertiary/aromatic N) is 3. The maximum atomic E-state index is 9.40.